The highest BCUT2D eigenvalue weighted by Gasteiger charge is 2.54. The van der Waals surface area contributed by atoms with Gasteiger partial charge in [-0.25, -0.2) is 0 Å². The Balaban J connectivity index is 1.71. The van der Waals surface area contributed by atoms with Crippen LogP contribution in [0.1, 0.15) is 80.1 Å². The van der Waals surface area contributed by atoms with Crippen molar-refractivity contribution in [1.29, 1.82) is 0 Å². The van der Waals surface area contributed by atoms with Crippen LogP contribution in [0.15, 0.2) is 34.8 Å². The highest BCUT2D eigenvalue weighted by Crippen LogP contribution is 2.46. The van der Waals surface area contributed by atoms with Crippen LogP contribution in [0.2, 0.25) is 0 Å². The average Bonchev–Trinajstić information content (AvgIpc) is 3.13. The Kier molecular flexibility index (Phi) is 8.43. The van der Waals surface area contributed by atoms with Crippen molar-refractivity contribution in [3.63, 3.8) is 0 Å². The molecule has 8 heteroatoms. The Morgan fingerprint density at radius 1 is 1.35 bits per heavy atom. The number of amides is 1. The van der Waals surface area contributed by atoms with Crippen molar-refractivity contribution in [3.05, 3.63) is 34.8 Å². The number of carbonyl (C=O) groups is 1. The quantitative estimate of drug-likeness (QED) is 0.262. The van der Waals surface area contributed by atoms with Crippen molar-refractivity contribution in [3.8, 4) is 0 Å². The third-order valence-corrected chi connectivity index (χ3v) is 7.53. The van der Waals surface area contributed by atoms with E-state index in [4.69, 9.17) is 4.74 Å². The number of rotatable bonds is 9. The molecule has 192 valence electrons. The summed E-state index contributed by atoms with van der Waals surface area (Å²) in [6.45, 7) is 13.3. The average molecular weight is 592 g/mol. The zero-order valence-electron chi connectivity index (χ0n) is 21.4. The zero-order valence-corrected chi connectivity index (χ0v) is 23.5. The second-order valence-electron chi connectivity index (χ2n) is 10.8. The van der Waals surface area contributed by atoms with E-state index in [2.05, 4.69) is 31.4 Å². The van der Waals surface area contributed by atoms with Gasteiger partial charge in [-0.2, -0.15) is 8.78 Å². The Morgan fingerprint density at radius 2 is 2.06 bits per heavy atom. The molecule has 1 saturated heterocycles. The number of alkyl halides is 3. The summed E-state index contributed by atoms with van der Waals surface area (Å²) in [7, 11) is 0. The molecule has 2 heterocycles. The van der Waals surface area contributed by atoms with Crippen molar-refractivity contribution in [2.75, 3.05) is 13.1 Å². The summed E-state index contributed by atoms with van der Waals surface area (Å²) < 4.78 is 31.7. The van der Waals surface area contributed by atoms with Crippen molar-refractivity contribution < 1.29 is 18.3 Å². The molecule has 0 bridgehead atoms. The van der Waals surface area contributed by atoms with Gasteiger partial charge in [0.1, 0.15) is 0 Å². The molecule has 1 aliphatic carbocycles. The number of fused-ring (bicyclic) bond motifs is 1. The third-order valence-electron chi connectivity index (χ3n) is 6.98. The summed E-state index contributed by atoms with van der Waals surface area (Å²) in [6.07, 6.45) is 8.23. The molecule has 0 aromatic rings. The summed E-state index contributed by atoms with van der Waals surface area (Å²) in [5.41, 5.74) is 1.24. The first-order valence-corrected chi connectivity index (χ1v) is 13.5. The maximum atomic E-state index is 14.4. The molecule has 3 rings (SSSR count). The second kappa shape index (κ2) is 10.4. The summed E-state index contributed by atoms with van der Waals surface area (Å²) in [5.74, 6) is 0.907. The maximum Gasteiger partial charge on any atom is 0.335 e. The third kappa shape index (κ3) is 6.15. The number of hydrogen-bond acceptors (Lipinski definition) is 4. The first-order chi connectivity index (χ1) is 15.8. The van der Waals surface area contributed by atoms with E-state index in [1.807, 2.05) is 31.7 Å². The standard InChI is InChI=1S/C26H40F2IN3O2/c1-7-12-25(21-10-11-22(26(27,28)29)32(21)16-24(5,6)31-25)13-14-30-23(33)19-8-9-20(18(4)15-19)34-17(2)3/h11,15,17,21,31H,7-10,12-14,16H2,1-6H3,(H,30,33). The number of ether oxygens (including phenoxy) is 1. The number of allylic oxidation sites excluding steroid dienone is 4. The first-order valence-electron chi connectivity index (χ1n) is 12.5. The highest BCUT2D eigenvalue weighted by atomic mass is 127. The van der Waals surface area contributed by atoms with Crippen LogP contribution in [-0.2, 0) is 9.53 Å². The van der Waals surface area contributed by atoms with E-state index >= 15 is 0 Å². The van der Waals surface area contributed by atoms with Crippen LogP contribution in [-0.4, -0.2) is 51.0 Å². The second-order valence-corrected chi connectivity index (χ2v) is 12.2. The SMILES string of the molecule is CCCC1(CCNC(=O)C2=CC(C)=C(OC(C)C)CC2)NC(C)(C)CN2C(C(F)(F)I)=CCC21. The fourth-order valence-corrected chi connectivity index (χ4v) is 6.40. The summed E-state index contributed by atoms with van der Waals surface area (Å²) >= 11 is 1.24. The Hall–Kier alpha value is -1.16. The molecule has 5 nitrogen and oxygen atoms in total. The highest BCUT2D eigenvalue weighted by molar-refractivity contribution is 14.1. The molecule has 34 heavy (non-hydrogen) atoms. The molecule has 2 unspecified atom stereocenters. The van der Waals surface area contributed by atoms with Gasteiger partial charge in [0.2, 0.25) is 5.91 Å². The van der Waals surface area contributed by atoms with Crippen LogP contribution in [0.25, 0.3) is 0 Å². The molecular formula is C26H40F2IN3O2. The molecule has 0 saturated carbocycles. The van der Waals surface area contributed by atoms with Crippen molar-refractivity contribution >= 4 is 28.5 Å². The smallest absolute Gasteiger partial charge is 0.335 e. The number of nitrogens with zero attached hydrogens (tertiary/aromatic N) is 1. The molecule has 1 fully saturated rings. The molecule has 3 aliphatic rings. The fraction of sp³-hybridized carbons (Fsp3) is 0.731. The largest absolute Gasteiger partial charge is 0.495 e. The minimum absolute atomic E-state index is 0.0390. The maximum absolute atomic E-state index is 14.4. The van der Waals surface area contributed by atoms with Crippen LogP contribution in [0.5, 0.6) is 0 Å². The minimum atomic E-state index is -2.89. The number of nitrogens with one attached hydrogen (secondary N) is 2. The van der Waals surface area contributed by atoms with Gasteiger partial charge < -0.3 is 20.3 Å². The monoisotopic (exact) mass is 591 g/mol. The molecule has 0 spiro atoms. The summed E-state index contributed by atoms with van der Waals surface area (Å²) in [5, 5.41) is 6.93. The number of piperazine rings is 1. The first kappa shape index (κ1) is 27.4. The molecule has 2 aliphatic heterocycles. The Morgan fingerprint density at radius 3 is 2.65 bits per heavy atom. The Labute approximate surface area is 217 Å². The minimum Gasteiger partial charge on any atom is -0.495 e. The van der Waals surface area contributed by atoms with E-state index in [9.17, 15) is 13.6 Å². The zero-order chi connectivity index (χ0) is 25.3. The van der Waals surface area contributed by atoms with Crippen molar-refractivity contribution in [2.24, 2.45) is 0 Å². The summed E-state index contributed by atoms with van der Waals surface area (Å²) in [4.78, 5) is 14.9. The van der Waals surface area contributed by atoms with E-state index < -0.39 is 3.93 Å². The van der Waals surface area contributed by atoms with Gasteiger partial charge in [0.15, 0.2) is 0 Å². The van der Waals surface area contributed by atoms with E-state index in [-0.39, 0.29) is 34.8 Å². The van der Waals surface area contributed by atoms with Gasteiger partial charge in [0.05, 0.1) is 23.6 Å². The normalized spacial score (nSPS) is 26.9. The molecule has 1 amide bonds. The van der Waals surface area contributed by atoms with Crippen LogP contribution in [0.4, 0.5) is 8.78 Å². The molecule has 2 N–H and O–H groups in total. The van der Waals surface area contributed by atoms with Gasteiger partial charge in [-0.15, -0.1) is 0 Å². The van der Waals surface area contributed by atoms with Gasteiger partial charge in [0, 0.05) is 58.8 Å². The molecule has 2 atom stereocenters. The topological polar surface area (TPSA) is 53.6 Å². The number of hydrogen-bond donors (Lipinski definition) is 2. The van der Waals surface area contributed by atoms with E-state index in [1.54, 1.807) is 6.08 Å². The molecule has 0 radical (unpaired) electrons. The van der Waals surface area contributed by atoms with Gasteiger partial charge in [-0.3, -0.25) is 4.79 Å². The Bertz CT molecular complexity index is 876. The van der Waals surface area contributed by atoms with Gasteiger partial charge in [0.25, 0.3) is 0 Å². The summed E-state index contributed by atoms with van der Waals surface area (Å²) in [6, 6.07) is -0.0390. The lowest BCUT2D eigenvalue weighted by Gasteiger charge is -2.56. The van der Waals surface area contributed by atoms with Crippen molar-refractivity contribution in [1.82, 2.24) is 15.5 Å². The predicted molar refractivity (Wildman–Crippen MR) is 141 cm³/mol. The van der Waals surface area contributed by atoms with Gasteiger partial charge >= 0.3 is 3.93 Å². The predicted octanol–water partition coefficient (Wildman–Crippen LogP) is 5.82. The van der Waals surface area contributed by atoms with Crippen molar-refractivity contribution in [2.45, 2.75) is 107 Å². The molecular weight excluding hydrogens is 551 g/mol. The number of carbonyl (C=O) groups excluding carboxylic acids is 1. The molecule has 0 aromatic carbocycles. The van der Waals surface area contributed by atoms with E-state index in [0.717, 1.165) is 36.2 Å². The molecule has 0 aromatic heterocycles. The lowest BCUT2D eigenvalue weighted by molar-refractivity contribution is -0.117. The van der Waals surface area contributed by atoms with Crippen LogP contribution >= 0.6 is 22.6 Å². The fourth-order valence-electron chi connectivity index (χ4n) is 5.87. The van der Waals surface area contributed by atoms with Gasteiger partial charge in [-0.05, 0) is 72.0 Å². The lowest BCUT2D eigenvalue weighted by atomic mass is 9.76. The lowest BCUT2D eigenvalue weighted by Crippen LogP contribution is -2.73. The van der Waals surface area contributed by atoms with Crippen LogP contribution in [0, 0.1) is 0 Å². The van der Waals surface area contributed by atoms with E-state index in [0.29, 0.717) is 32.4 Å². The van der Waals surface area contributed by atoms with Crippen LogP contribution in [0.3, 0.4) is 0 Å². The van der Waals surface area contributed by atoms with Gasteiger partial charge in [-0.1, -0.05) is 19.4 Å². The number of halogens is 3. The van der Waals surface area contributed by atoms with E-state index in [1.165, 1.54) is 22.6 Å². The van der Waals surface area contributed by atoms with Crippen LogP contribution < -0.4 is 10.6 Å².